The van der Waals surface area contributed by atoms with Crippen molar-refractivity contribution in [2.24, 2.45) is 34.5 Å². The first-order chi connectivity index (χ1) is 11.9. The number of aliphatic hydroxyl groups is 2. The van der Waals surface area contributed by atoms with Gasteiger partial charge in [-0.1, -0.05) is 13.8 Å². The van der Waals surface area contributed by atoms with E-state index in [1.54, 1.807) is 0 Å². The lowest BCUT2D eigenvalue weighted by Gasteiger charge is -2.61. The van der Waals surface area contributed by atoms with Gasteiger partial charge in [-0.3, -0.25) is 0 Å². The Morgan fingerprint density at radius 3 is 2.40 bits per heavy atom. The molecule has 0 radical (unpaired) electrons. The summed E-state index contributed by atoms with van der Waals surface area (Å²) in [5, 5.41) is 19.6. The van der Waals surface area contributed by atoms with Gasteiger partial charge in [0.1, 0.15) is 0 Å². The van der Waals surface area contributed by atoms with Crippen molar-refractivity contribution in [1.82, 2.24) is 4.90 Å². The number of aliphatic hydroxyl groups excluding tert-OH is 2. The zero-order valence-corrected chi connectivity index (χ0v) is 16.6. The van der Waals surface area contributed by atoms with E-state index in [9.17, 15) is 10.2 Å². The summed E-state index contributed by atoms with van der Waals surface area (Å²) < 4.78 is 0. The fraction of sp³-hybridized carbons (Fsp3) is 1.00. The van der Waals surface area contributed by atoms with Crippen LogP contribution in [0.15, 0.2) is 0 Å². The zero-order valence-electron chi connectivity index (χ0n) is 16.6. The minimum absolute atomic E-state index is 0.0357. The van der Waals surface area contributed by atoms with E-state index in [1.807, 2.05) is 0 Å². The third-order valence-corrected chi connectivity index (χ3v) is 9.57. The lowest BCUT2D eigenvalue weighted by atomic mass is 9.45. The Labute approximate surface area is 154 Å². The van der Waals surface area contributed by atoms with Crippen molar-refractivity contribution in [1.29, 1.82) is 0 Å². The predicted molar refractivity (Wildman–Crippen MR) is 101 cm³/mol. The minimum Gasteiger partial charge on any atom is -0.395 e. The van der Waals surface area contributed by atoms with Crippen LogP contribution in [-0.2, 0) is 0 Å². The fourth-order valence-electron chi connectivity index (χ4n) is 8.25. The number of hydrogen-bond donors (Lipinski definition) is 2. The van der Waals surface area contributed by atoms with Crippen molar-refractivity contribution < 1.29 is 10.2 Å². The van der Waals surface area contributed by atoms with Crippen LogP contribution in [0.1, 0.15) is 71.6 Å². The topological polar surface area (TPSA) is 43.7 Å². The van der Waals surface area contributed by atoms with E-state index in [-0.39, 0.29) is 12.7 Å². The van der Waals surface area contributed by atoms with Gasteiger partial charge in [-0.25, -0.2) is 0 Å². The van der Waals surface area contributed by atoms with Crippen molar-refractivity contribution in [3.63, 3.8) is 0 Å². The zero-order chi connectivity index (χ0) is 17.8. The van der Waals surface area contributed by atoms with Gasteiger partial charge < -0.3 is 15.1 Å². The van der Waals surface area contributed by atoms with Crippen LogP contribution in [0.2, 0.25) is 0 Å². The normalized spacial score (nSPS) is 52.6. The van der Waals surface area contributed by atoms with E-state index < -0.39 is 0 Å². The van der Waals surface area contributed by atoms with Crippen LogP contribution in [0.3, 0.4) is 0 Å². The van der Waals surface area contributed by atoms with Crippen LogP contribution in [0, 0.1) is 34.5 Å². The highest BCUT2D eigenvalue weighted by Gasteiger charge is 2.60. The molecule has 144 valence electrons. The Morgan fingerprint density at radius 2 is 1.64 bits per heavy atom. The van der Waals surface area contributed by atoms with Crippen molar-refractivity contribution in [2.45, 2.75) is 83.8 Å². The average Bonchev–Trinajstić information content (AvgIpc) is 2.93. The first kappa shape index (κ1) is 18.3. The fourth-order valence-corrected chi connectivity index (χ4v) is 8.25. The van der Waals surface area contributed by atoms with E-state index >= 15 is 0 Å². The van der Waals surface area contributed by atoms with E-state index in [2.05, 4.69) is 25.8 Å². The number of rotatable bonds is 3. The highest BCUT2D eigenvalue weighted by Crippen LogP contribution is 2.66. The molecule has 0 spiro atoms. The Bertz CT molecular complexity index is 496. The molecule has 0 aromatic rings. The van der Waals surface area contributed by atoms with Gasteiger partial charge in [-0.15, -0.1) is 0 Å². The maximum absolute atomic E-state index is 10.2. The molecule has 25 heavy (non-hydrogen) atoms. The van der Waals surface area contributed by atoms with Crippen LogP contribution in [0.4, 0.5) is 0 Å². The highest BCUT2D eigenvalue weighted by molar-refractivity contribution is 5.11. The van der Waals surface area contributed by atoms with Gasteiger partial charge in [0.25, 0.3) is 0 Å². The van der Waals surface area contributed by atoms with Gasteiger partial charge in [0.05, 0.1) is 12.7 Å². The monoisotopic (exact) mass is 349 g/mol. The van der Waals surface area contributed by atoms with Crippen molar-refractivity contribution in [2.75, 3.05) is 20.2 Å². The first-order valence-electron chi connectivity index (χ1n) is 10.9. The molecule has 8 atom stereocenters. The van der Waals surface area contributed by atoms with E-state index in [0.29, 0.717) is 16.9 Å². The molecule has 4 fully saturated rings. The summed E-state index contributed by atoms with van der Waals surface area (Å²) in [6.07, 6.45) is 11.5. The number of likely N-dealkylation sites (N-methyl/N-ethyl adjacent to an activating group) is 1. The van der Waals surface area contributed by atoms with Gasteiger partial charge >= 0.3 is 0 Å². The largest absolute Gasteiger partial charge is 0.395 e. The van der Waals surface area contributed by atoms with Gasteiger partial charge in [0, 0.05) is 12.6 Å². The molecule has 0 bridgehead atoms. The average molecular weight is 350 g/mol. The summed E-state index contributed by atoms with van der Waals surface area (Å²) in [6.45, 7) is 6.24. The quantitative estimate of drug-likeness (QED) is 0.817. The molecule has 0 unspecified atom stereocenters. The molecule has 3 heteroatoms. The van der Waals surface area contributed by atoms with Gasteiger partial charge in [-0.05, 0) is 99.3 Å². The molecule has 0 aliphatic heterocycles. The van der Waals surface area contributed by atoms with Crippen molar-refractivity contribution in [3.8, 4) is 0 Å². The predicted octanol–water partition coefficient (Wildman–Crippen LogP) is 3.68. The van der Waals surface area contributed by atoms with Gasteiger partial charge in [0.15, 0.2) is 0 Å². The maximum atomic E-state index is 10.2. The van der Waals surface area contributed by atoms with E-state index in [1.165, 1.54) is 44.9 Å². The maximum Gasteiger partial charge on any atom is 0.0558 e. The number of hydrogen-bond acceptors (Lipinski definition) is 3. The second kappa shape index (κ2) is 6.49. The van der Waals surface area contributed by atoms with Crippen LogP contribution in [-0.4, -0.2) is 47.5 Å². The summed E-state index contributed by atoms with van der Waals surface area (Å²) in [7, 11) is 2.22. The van der Waals surface area contributed by atoms with Crippen LogP contribution >= 0.6 is 0 Å². The molecular weight excluding hydrogens is 310 g/mol. The third kappa shape index (κ3) is 2.72. The van der Waals surface area contributed by atoms with Crippen LogP contribution in [0.25, 0.3) is 0 Å². The highest BCUT2D eigenvalue weighted by atomic mass is 16.3. The molecule has 0 amide bonds. The summed E-state index contributed by atoms with van der Waals surface area (Å²) in [5.41, 5.74) is 0.932. The Balaban J connectivity index is 1.56. The number of nitrogens with zero attached hydrogens (tertiary/aromatic N) is 1. The minimum atomic E-state index is -0.0357. The standard InChI is InChI=1S/C22H39NO2/c1-21-10-8-16(25)14-15(21)4-5-17-18-6-7-20(23(3)12-13-24)22(18,2)11-9-19(17)21/h15-20,24-25H,4-14H2,1-3H3/t15-,16-,17-,18-,19-,20+,21-,22-/m0/s1. The van der Waals surface area contributed by atoms with Crippen LogP contribution < -0.4 is 0 Å². The van der Waals surface area contributed by atoms with Gasteiger partial charge in [0.2, 0.25) is 0 Å². The Kier molecular flexibility index (Phi) is 4.74. The summed E-state index contributed by atoms with van der Waals surface area (Å²) in [6, 6.07) is 0.657. The second-order valence-electron chi connectivity index (χ2n) is 10.4. The summed E-state index contributed by atoms with van der Waals surface area (Å²) in [4.78, 5) is 2.45. The molecule has 3 nitrogen and oxygen atoms in total. The summed E-state index contributed by atoms with van der Waals surface area (Å²) >= 11 is 0. The molecule has 4 aliphatic carbocycles. The first-order valence-corrected chi connectivity index (χ1v) is 10.9. The lowest BCUT2D eigenvalue weighted by molar-refractivity contribution is -0.128. The molecule has 4 saturated carbocycles. The third-order valence-electron chi connectivity index (χ3n) is 9.57. The smallest absolute Gasteiger partial charge is 0.0558 e. The van der Waals surface area contributed by atoms with Crippen molar-refractivity contribution >= 4 is 0 Å². The molecule has 2 N–H and O–H groups in total. The molecule has 0 saturated heterocycles. The molecule has 0 heterocycles. The van der Waals surface area contributed by atoms with Crippen LogP contribution in [0.5, 0.6) is 0 Å². The number of fused-ring (bicyclic) bond motifs is 5. The molecule has 4 aliphatic rings. The Hall–Kier alpha value is -0.120. The molecule has 0 aromatic carbocycles. The van der Waals surface area contributed by atoms with Gasteiger partial charge in [-0.2, -0.15) is 0 Å². The summed E-state index contributed by atoms with van der Waals surface area (Å²) in [5.74, 6) is 3.43. The molecule has 4 rings (SSSR count). The lowest BCUT2D eigenvalue weighted by Crippen LogP contribution is -2.56. The second-order valence-corrected chi connectivity index (χ2v) is 10.4. The SMILES string of the molecule is CN(CCO)[C@@H]1CC[C@H]2[C@@H]3CC[C@H]4C[C@@H](O)CC[C@]4(C)[C@H]3CC[C@@]21C. The Morgan fingerprint density at radius 1 is 0.920 bits per heavy atom. The molecule has 0 aromatic heterocycles. The van der Waals surface area contributed by atoms with Crippen molar-refractivity contribution in [3.05, 3.63) is 0 Å². The van der Waals surface area contributed by atoms with E-state index in [4.69, 9.17) is 0 Å². The van der Waals surface area contributed by atoms with E-state index in [0.717, 1.165) is 43.1 Å². The molecular formula is C22H39NO2.